The number of aromatic amines is 1. The van der Waals surface area contributed by atoms with Gasteiger partial charge in [-0.05, 0) is 55.9 Å². The number of H-pyrrole nitrogens is 1. The number of nitrogens with zero attached hydrogens (tertiary/aromatic N) is 2. The van der Waals surface area contributed by atoms with Gasteiger partial charge >= 0.3 is 0 Å². The lowest BCUT2D eigenvalue weighted by atomic mass is 10.0. The number of likely N-dealkylation sites (N-methyl/N-ethyl adjacent to an activating group) is 1. The van der Waals surface area contributed by atoms with Crippen LogP contribution in [0.4, 0.5) is 8.78 Å². The van der Waals surface area contributed by atoms with Crippen LogP contribution in [0.25, 0.3) is 11.0 Å². The summed E-state index contributed by atoms with van der Waals surface area (Å²) >= 11 is 0. The summed E-state index contributed by atoms with van der Waals surface area (Å²) in [4.78, 5) is 34.8. The van der Waals surface area contributed by atoms with Gasteiger partial charge in [-0.2, -0.15) is 0 Å². The van der Waals surface area contributed by atoms with E-state index in [1.165, 1.54) is 6.07 Å². The van der Waals surface area contributed by atoms with Gasteiger partial charge in [-0.1, -0.05) is 13.0 Å². The topological polar surface area (TPSA) is 90.1 Å². The van der Waals surface area contributed by atoms with Crippen LogP contribution in [-0.2, 0) is 22.6 Å². The zero-order valence-corrected chi connectivity index (χ0v) is 18.3. The van der Waals surface area contributed by atoms with E-state index in [0.717, 1.165) is 28.7 Å². The van der Waals surface area contributed by atoms with E-state index in [9.17, 15) is 18.4 Å². The molecule has 1 aromatic carbocycles. The Kier molecular flexibility index (Phi) is 7.53. The molecule has 3 N–H and O–H groups in total. The second-order valence-electron chi connectivity index (χ2n) is 7.74. The molecule has 0 aliphatic carbocycles. The first-order valence-corrected chi connectivity index (χ1v) is 10.4. The van der Waals surface area contributed by atoms with E-state index in [1.54, 1.807) is 26.4 Å². The fourth-order valence-corrected chi connectivity index (χ4v) is 3.27. The summed E-state index contributed by atoms with van der Waals surface area (Å²) in [6.45, 7) is 4.53. The first kappa shape index (κ1) is 23.3. The second kappa shape index (κ2) is 10.3. The van der Waals surface area contributed by atoms with Gasteiger partial charge in [-0.25, -0.2) is 13.8 Å². The van der Waals surface area contributed by atoms with Crippen LogP contribution in [-0.4, -0.2) is 52.4 Å². The number of carbonyl (C=O) groups is 2. The highest BCUT2D eigenvalue weighted by molar-refractivity contribution is 5.89. The normalized spacial score (nSPS) is 13.2. The Morgan fingerprint density at radius 2 is 1.91 bits per heavy atom. The lowest BCUT2D eigenvalue weighted by Crippen LogP contribution is -2.53. The average molecular weight is 443 g/mol. The van der Waals surface area contributed by atoms with Crippen LogP contribution in [0.1, 0.15) is 25.0 Å². The van der Waals surface area contributed by atoms with E-state index in [-0.39, 0.29) is 18.9 Å². The van der Waals surface area contributed by atoms with Crippen molar-refractivity contribution in [3.63, 3.8) is 0 Å². The van der Waals surface area contributed by atoms with Gasteiger partial charge in [0.15, 0.2) is 11.6 Å². The van der Waals surface area contributed by atoms with Gasteiger partial charge in [-0.15, -0.1) is 0 Å². The summed E-state index contributed by atoms with van der Waals surface area (Å²) in [7, 11) is 1.80. The molecule has 0 radical (unpaired) electrons. The predicted molar refractivity (Wildman–Crippen MR) is 118 cm³/mol. The van der Waals surface area contributed by atoms with Crippen LogP contribution in [0.5, 0.6) is 0 Å². The van der Waals surface area contributed by atoms with E-state index in [4.69, 9.17) is 0 Å². The molecule has 2 heterocycles. The van der Waals surface area contributed by atoms with Gasteiger partial charge in [0.05, 0.1) is 6.04 Å². The summed E-state index contributed by atoms with van der Waals surface area (Å²) in [6, 6.07) is 5.81. The highest BCUT2D eigenvalue weighted by Gasteiger charge is 2.25. The highest BCUT2D eigenvalue weighted by Crippen LogP contribution is 2.13. The Hall–Kier alpha value is -3.33. The van der Waals surface area contributed by atoms with Gasteiger partial charge < -0.3 is 15.6 Å². The maximum Gasteiger partial charge on any atom is 0.243 e. The maximum absolute atomic E-state index is 13.7. The van der Waals surface area contributed by atoms with Crippen molar-refractivity contribution in [2.75, 3.05) is 13.6 Å². The molecular formula is C23H27F2N5O2. The van der Waals surface area contributed by atoms with Crippen LogP contribution >= 0.6 is 0 Å². The number of benzene rings is 1. The molecule has 9 heteroatoms. The summed E-state index contributed by atoms with van der Waals surface area (Å²) in [5, 5.41) is 6.47. The molecule has 0 aliphatic rings. The van der Waals surface area contributed by atoms with Gasteiger partial charge in [0, 0.05) is 30.7 Å². The molecule has 0 bridgehead atoms. The number of aromatic nitrogens is 2. The number of pyridine rings is 1. The number of amides is 2. The molecule has 3 aromatic rings. The SMILES string of the molecule is CCN(C)[C@@H](C)C(=O)N[C@@H](Cc1ccc(F)c(F)c1)C(=O)NCc1cnc2[nH]ccc2c1. The van der Waals surface area contributed by atoms with Gasteiger partial charge in [0.2, 0.25) is 11.8 Å². The molecule has 0 fully saturated rings. The molecule has 0 spiro atoms. The number of fused-ring (bicyclic) bond motifs is 1. The van der Waals surface area contributed by atoms with Crippen molar-refractivity contribution in [1.29, 1.82) is 0 Å². The fourth-order valence-electron chi connectivity index (χ4n) is 3.27. The van der Waals surface area contributed by atoms with E-state index in [2.05, 4.69) is 20.6 Å². The van der Waals surface area contributed by atoms with Crippen LogP contribution in [0.3, 0.4) is 0 Å². The fraction of sp³-hybridized carbons (Fsp3) is 0.348. The molecular weight excluding hydrogens is 416 g/mol. The third-order valence-corrected chi connectivity index (χ3v) is 5.52. The molecule has 32 heavy (non-hydrogen) atoms. The number of halogens is 2. The lowest BCUT2D eigenvalue weighted by Gasteiger charge is -2.25. The Morgan fingerprint density at radius 1 is 1.12 bits per heavy atom. The number of hydrogen-bond acceptors (Lipinski definition) is 4. The van der Waals surface area contributed by atoms with Crippen LogP contribution < -0.4 is 10.6 Å². The molecule has 2 amide bonds. The molecule has 2 aromatic heterocycles. The van der Waals surface area contributed by atoms with E-state index in [0.29, 0.717) is 12.1 Å². The van der Waals surface area contributed by atoms with E-state index >= 15 is 0 Å². The molecule has 7 nitrogen and oxygen atoms in total. The number of hydrogen-bond donors (Lipinski definition) is 3. The molecule has 0 unspecified atom stereocenters. The van der Waals surface area contributed by atoms with Crippen molar-refractivity contribution in [2.24, 2.45) is 0 Å². The smallest absolute Gasteiger partial charge is 0.243 e. The van der Waals surface area contributed by atoms with Gasteiger partial charge in [0.25, 0.3) is 0 Å². The third kappa shape index (κ3) is 5.67. The van der Waals surface area contributed by atoms with Crippen LogP contribution in [0.2, 0.25) is 0 Å². The minimum absolute atomic E-state index is 0.0203. The molecule has 0 aliphatic heterocycles. The minimum Gasteiger partial charge on any atom is -0.350 e. The highest BCUT2D eigenvalue weighted by atomic mass is 19.2. The van der Waals surface area contributed by atoms with Crippen molar-refractivity contribution >= 4 is 22.8 Å². The Morgan fingerprint density at radius 3 is 2.62 bits per heavy atom. The minimum atomic E-state index is -1.00. The molecule has 0 saturated carbocycles. The monoisotopic (exact) mass is 443 g/mol. The molecule has 0 saturated heterocycles. The molecule has 170 valence electrons. The van der Waals surface area contributed by atoms with Gasteiger partial charge in [0.1, 0.15) is 11.7 Å². The number of carbonyl (C=O) groups excluding carboxylic acids is 2. The summed E-state index contributed by atoms with van der Waals surface area (Å²) in [5.74, 6) is -2.72. The summed E-state index contributed by atoms with van der Waals surface area (Å²) in [6.07, 6.45) is 3.45. The van der Waals surface area contributed by atoms with E-state index in [1.807, 2.05) is 24.0 Å². The largest absolute Gasteiger partial charge is 0.350 e. The van der Waals surface area contributed by atoms with Crippen molar-refractivity contribution in [3.8, 4) is 0 Å². The Balaban J connectivity index is 1.73. The second-order valence-corrected chi connectivity index (χ2v) is 7.74. The van der Waals surface area contributed by atoms with Gasteiger partial charge in [-0.3, -0.25) is 14.5 Å². The van der Waals surface area contributed by atoms with Crippen molar-refractivity contribution in [2.45, 2.75) is 38.9 Å². The van der Waals surface area contributed by atoms with Crippen molar-refractivity contribution in [3.05, 3.63) is 65.5 Å². The van der Waals surface area contributed by atoms with E-state index < -0.39 is 29.6 Å². The Labute approximate surface area is 185 Å². The molecule has 3 rings (SSSR count). The molecule has 2 atom stereocenters. The third-order valence-electron chi connectivity index (χ3n) is 5.52. The zero-order chi connectivity index (χ0) is 23.3. The quantitative estimate of drug-likeness (QED) is 0.474. The van der Waals surface area contributed by atoms with Crippen LogP contribution in [0, 0.1) is 11.6 Å². The van der Waals surface area contributed by atoms with Crippen molar-refractivity contribution < 1.29 is 18.4 Å². The summed E-state index contributed by atoms with van der Waals surface area (Å²) < 4.78 is 27.0. The average Bonchev–Trinajstić information content (AvgIpc) is 3.26. The summed E-state index contributed by atoms with van der Waals surface area (Å²) in [5.41, 5.74) is 1.94. The lowest BCUT2D eigenvalue weighted by molar-refractivity contribution is -0.131. The first-order chi connectivity index (χ1) is 15.3. The first-order valence-electron chi connectivity index (χ1n) is 10.4. The van der Waals surface area contributed by atoms with Crippen LogP contribution in [0.15, 0.2) is 42.7 Å². The zero-order valence-electron chi connectivity index (χ0n) is 18.3. The predicted octanol–water partition coefficient (Wildman–Crippen LogP) is 2.52. The maximum atomic E-state index is 13.7. The number of nitrogens with one attached hydrogen (secondary N) is 3. The number of rotatable bonds is 9. The Bertz CT molecular complexity index is 1100. The van der Waals surface area contributed by atoms with Crippen molar-refractivity contribution in [1.82, 2.24) is 25.5 Å². The standard InChI is InChI=1S/C23H27F2N5O2/c1-4-30(3)14(2)22(31)29-20(11-15-5-6-18(24)19(25)10-15)23(32)28-13-16-9-17-7-8-26-21(17)27-12-16/h5-10,12,14,20H,4,11,13H2,1-3H3,(H,26,27)(H,28,32)(H,29,31)/t14-,20-/m0/s1.